The summed E-state index contributed by atoms with van der Waals surface area (Å²) in [6.45, 7) is 0. The minimum Gasteiger partial charge on any atom is -0.489 e. The SMILES string of the molecule is ClCC1Cc2cc(Cl)ccc2O1. The molecular weight excluding hydrogens is 195 g/mol. The second kappa shape index (κ2) is 3.15. The molecule has 12 heavy (non-hydrogen) atoms. The molecule has 0 amide bonds. The van der Waals surface area contributed by atoms with Gasteiger partial charge in [-0.25, -0.2) is 0 Å². The first kappa shape index (κ1) is 8.21. The van der Waals surface area contributed by atoms with Crippen molar-refractivity contribution >= 4 is 23.2 Å². The molecule has 0 aromatic heterocycles. The van der Waals surface area contributed by atoms with Crippen LogP contribution in [0.5, 0.6) is 5.75 Å². The Kier molecular flexibility index (Phi) is 2.16. The van der Waals surface area contributed by atoms with Crippen molar-refractivity contribution in [3.05, 3.63) is 28.8 Å². The molecule has 1 nitrogen and oxygen atoms in total. The largest absolute Gasteiger partial charge is 0.489 e. The van der Waals surface area contributed by atoms with E-state index in [1.165, 1.54) is 0 Å². The van der Waals surface area contributed by atoms with E-state index < -0.39 is 0 Å². The number of ether oxygens (including phenoxy) is 1. The fraction of sp³-hybridized carbons (Fsp3) is 0.333. The van der Waals surface area contributed by atoms with Crippen molar-refractivity contribution in [2.24, 2.45) is 0 Å². The highest BCUT2D eigenvalue weighted by atomic mass is 35.5. The number of fused-ring (bicyclic) bond motifs is 1. The Bertz CT molecular complexity index is 299. The molecule has 0 saturated carbocycles. The summed E-state index contributed by atoms with van der Waals surface area (Å²) in [5.74, 6) is 1.46. The van der Waals surface area contributed by atoms with Crippen LogP contribution in [0, 0.1) is 0 Å². The van der Waals surface area contributed by atoms with Gasteiger partial charge in [-0.05, 0) is 23.8 Å². The third-order valence-corrected chi connectivity index (χ3v) is 2.52. The van der Waals surface area contributed by atoms with E-state index in [9.17, 15) is 0 Å². The summed E-state index contributed by atoms with van der Waals surface area (Å²) in [4.78, 5) is 0. The predicted octanol–water partition coefficient (Wildman–Crippen LogP) is 2.88. The summed E-state index contributed by atoms with van der Waals surface area (Å²) in [5, 5.41) is 0.757. The number of hydrogen-bond donors (Lipinski definition) is 0. The molecule has 2 rings (SSSR count). The molecule has 0 bridgehead atoms. The van der Waals surface area contributed by atoms with Crippen molar-refractivity contribution in [1.29, 1.82) is 0 Å². The number of halogens is 2. The first-order chi connectivity index (χ1) is 5.79. The zero-order chi connectivity index (χ0) is 8.55. The normalized spacial score (nSPS) is 20.3. The van der Waals surface area contributed by atoms with E-state index in [2.05, 4.69) is 0 Å². The molecule has 1 aliphatic rings. The van der Waals surface area contributed by atoms with E-state index in [1.54, 1.807) is 0 Å². The van der Waals surface area contributed by atoms with Gasteiger partial charge >= 0.3 is 0 Å². The minimum absolute atomic E-state index is 0.125. The van der Waals surface area contributed by atoms with Crippen LogP contribution < -0.4 is 4.74 Å². The second-order valence-electron chi connectivity index (χ2n) is 2.85. The highest BCUT2D eigenvalue weighted by Gasteiger charge is 2.21. The van der Waals surface area contributed by atoms with E-state index in [0.717, 1.165) is 22.8 Å². The van der Waals surface area contributed by atoms with Gasteiger partial charge in [0.05, 0.1) is 5.88 Å². The van der Waals surface area contributed by atoms with E-state index in [0.29, 0.717) is 5.88 Å². The maximum absolute atomic E-state index is 5.83. The molecule has 0 saturated heterocycles. The Hall–Kier alpha value is -0.400. The molecule has 0 N–H and O–H groups in total. The maximum atomic E-state index is 5.83. The zero-order valence-corrected chi connectivity index (χ0v) is 7.90. The molecule has 1 aromatic rings. The summed E-state index contributed by atoms with van der Waals surface area (Å²) in [6, 6.07) is 5.66. The van der Waals surface area contributed by atoms with Gasteiger partial charge in [0.1, 0.15) is 11.9 Å². The Morgan fingerprint density at radius 2 is 2.33 bits per heavy atom. The summed E-state index contributed by atoms with van der Waals surface area (Å²) in [7, 11) is 0. The highest BCUT2D eigenvalue weighted by Crippen LogP contribution is 2.31. The summed E-state index contributed by atoms with van der Waals surface area (Å²) >= 11 is 11.5. The molecule has 3 heteroatoms. The standard InChI is InChI=1S/C9H8Cl2O/c10-5-8-4-6-3-7(11)1-2-9(6)12-8/h1-3,8H,4-5H2. The minimum atomic E-state index is 0.125. The Morgan fingerprint density at radius 3 is 3.08 bits per heavy atom. The van der Waals surface area contributed by atoms with Crippen molar-refractivity contribution in [2.75, 3.05) is 5.88 Å². The van der Waals surface area contributed by atoms with Gasteiger partial charge in [0, 0.05) is 11.4 Å². The quantitative estimate of drug-likeness (QED) is 0.637. The summed E-state index contributed by atoms with van der Waals surface area (Å²) in [5.41, 5.74) is 1.16. The molecule has 0 aliphatic carbocycles. The van der Waals surface area contributed by atoms with Gasteiger partial charge in [0.2, 0.25) is 0 Å². The van der Waals surface area contributed by atoms with Gasteiger partial charge in [0.15, 0.2) is 0 Å². The van der Waals surface area contributed by atoms with Crippen molar-refractivity contribution in [3.8, 4) is 5.75 Å². The topological polar surface area (TPSA) is 9.23 Å². The molecule has 1 aliphatic heterocycles. The summed E-state index contributed by atoms with van der Waals surface area (Å²) in [6.07, 6.45) is 1.000. The van der Waals surface area contributed by atoms with Gasteiger partial charge in [0.25, 0.3) is 0 Å². The van der Waals surface area contributed by atoms with Crippen LogP contribution in [0.3, 0.4) is 0 Å². The second-order valence-corrected chi connectivity index (χ2v) is 3.60. The zero-order valence-electron chi connectivity index (χ0n) is 6.39. The van der Waals surface area contributed by atoms with E-state index in [4.69, 9.17) is 27.9 Å². The number of rotatable bonds is 1. The molecule has 0 radical (unpaired) electrons. The lowest BCUT2D eigenvalue weighted by molar-refractivity contribution is 0.258. The van der Waals surface area contributed by atoms with Crippen LogP contribution >= 0.6 is 23.2 Å². The average Bonchev–Trinajstić information content (AvgIpc) is 2.46. The van der Waals surface area contributed by atoms with Gasteiger partial charge in [-0.1, -0.05) is 11.6 Å². The van der Waals surface area contributed by atoms with Crippen molar-refractivity contribution in [1.82, 2.24) is 0 Å². The van der Waals surface area contributed by atoms with Crippen LogP contribution in [0.25, 0.3) is 0 Å². The third kappa shape index (κ3) is 1.39. The van der Waals surface area contributed by atoms with Gasteiger partial charge in [-0.2, -0.15) is 0 Å². The van der Waals surface area contributed by atoms with Crippen LogP contribution in [0.2, 0.25) is 5.02 Å². The first-order valence-corrected chi connectivity index (χ1v) is 4.72. The van der Waals surface area contributed by atoms with Crippen LogP contribution in [0.1, 0.15) is 5.56 Å². The molecule has 1 atom stereocenters. The Labute approximate surface area is 81.2 Å². The van der Waals surface area contributed by atoms with E-state index in [-0.39, 0.29) is 6.10 Å². The van der Waals surface area contributed by atoms with Crippen LogP contribution in [0.15, 0.2) is 18.2 Å². The van der Waals surface area contributed by atoms with Crippen LogP contribution in [-0.4, -0.2) is 12.0 Å². The van der Waals surface area contributed by atoms with Crippen molar-refractivity contribution in [2.45, 2.75) is 12.5 Å². The van der Waals surface area contributed by atoms with Gasteiger partial charge < -0.3 is 4.74 Å². The van der Waals surface area contributed by atoms with E-state index >= 15 is 0 Å². The maximum Gasteiger partial charge on any atom is 0.123 e. The number of alkyl halides is 1. The lowest BCUT2D eigenvalue weighted by Gasteiger charge is -2.04. The highest BCUT2D eigenvalue weighted by molar-refractivity contribution is 6.30. The molecule has 1 aromatic carbocycles. The lowest BCUT2D eigenvalue weighted by Crippen LogP contribution is -2.13. The summed E-state index contributed by atoms with van der Waals surface area (Å²) < 4.78 is 5.52. The van der Waals surface area contributed by atoms with Crippen molar-refractivity contribution < 1.29 is 4.74 Å². The molecule has 64 valence electrons. The molecule has 1 heterocycles. The average molecular weight is 203 g/mol. The number of benzene rings is 1. The number of hydrogen-bond acceptors (Lipinski definition) is 1. The van der Waals surface area contributed by atoms with E-state index in [1.807, 2.05) is 18.2 Å². The van der Waals surface area contributed by atoms with Crippen molar-refractivity contribution in [3.63, 3.8) is 0 Å². The van der Waals surface area contributed by atoms with Gasteiger partial charge in [-0.3, -0.25) is 0 Å². The predicted molar refractivity (Wildman–Crippen MR) is 50.3 cm³/mol. The molecule has 0 spiro atoms. The van der Waals surface area contributed by atoms with Gasteiger partial charge in [-0.15, -0.1) is 11.6 Å². The first-order valence-electron chi connectivity index (χ1n) is 3.80. The Balaban J connectivity index is 2.30. The fourth-order valence-corrected chi connectivity index (χ4v) is 1.74. The third-order valence-electron chi connectivity index (χ3n) is 1.94. The smallest absolute Gasteiger partial charge is 0.123 e. The van der Waals surface area contributed by atoms with Crippen LogP contribution in [0.4, 0.5) is 0 Å². The van der Waals surface area contributed by atoms with Crippen LogP contribution in [-0.2, 0) is 6.42 Å². The molecular formula is C9H8Cl2O. The fourth-order valence-electron chi connectivity index (χ4n) is 1.38. The lowest BCUT2D eigenvalue weighted by atomic mass is 10.1. The molecule has 1 unspecified atom stereocenters. The molecule has 0 fully saturated rings. The Morgan fingerprint density at radius 1 is 1.50 bits per heavy atom. The monoisotopic (exact) mass is 202 g/mol.